The zero-order valence-electron chi connectivity index (χ0n) is 15.7. The van der Waals surface area contributed by atoms with E-state index >= 15 is 0 Å². The van der Waals surface area contributed by atoms with Gasteiger partial charge in [-0.25, -0.2) is 9.97 Å². The average Bonchev–Trinajstić information content (AvgIpc) is 2.73. The van der Waals surface area contributed by atoms with Crippen molar-refractivity contribution in [3.8, 4) is 0 Å². The molecule has 11 heteroatoms. The maximum atomic E-state index is 12.2. The van der Waals surface area contributed by atoms with Gasteiger partial charge in [0.15, 0.2) is 0 Å². The van der Waals surface area contributed by atoms with Crippen LogP contribution in [0.4, 0.5) is 17.3 Å². The number of benzene rings is 1. The van der Waals surface area contributed by atoms with Crippen LogP contribution in [0.25, 0.3) is 0 Å². The molecule has 3 N–H and O–H groups in total. The minimum Gasteiger partial charge on any atom is -0.363 e. The summed E-state index contributed by atoms with van der Waals surface area (Å²) in [6.07, 6.45) is 4.80. The Hall–Kier alpha value is -2.98. The molecule has 1 aromatic heterocycles. The molecule has 1 fully saturated rings. The second-order valence-corrected chi connectivity index (χ2v) is 7.03. The van der Waals surface area contributed by atoms with E-state index in [9.17, 15) is 14.9 Å². The minimum atomic E-state index is -0.583. The molecule has 0 atom stereocenters. The number of carbonyl (C=O) groups is 1. The van der Waals surface area contributed by atoms with Crippen LogP contribution < -0.4 is 16.2 Å². The molecule has 2 aromatic rings. The Morgan fingerprint density at radius 1 is 1.14 bits per heavy atom. The highest BCUT2D eigenvalue weighted by molar-refractivity contribution is 6.30. The summed E-state index contributed by atoms with van der Waals surface area (Å²) >= 11 is 5.80. The van der Waals surface area contributed by atoms with E-state index in [-0.39, 0.29) is 17.3 Å². The predicted molar refractivity (Wildman–Crippen MR) is 110 cm³/mol. The summed E-state index contributed by atoms with van der Waals surface area (Å²) in [6.45, 7) is 3.37. The summed E-state index contributed by atoms with van der Waals surface area (Å²) in [5.74, 6) is -0.479. The van der Waals surface area contributed by atoms with Crippen molar-refractivity contribution in [2.45, 2.75) is 19.3 Å². The van der Waals surface area contributed by atoms with Crippen LogP contribution in [0.15, 0.2) is 30.6 Å². The molecule has 0 bridgehead atoms. The molecule has 1 aliphatic rings. The van der Waals surface area contributed by atoms with E-state index < -0.39 is 10.8 Å². The lowest BCUT2D eigenvalue weighted by Gasteiger charge is -2.26. The van der Waals surface area contributed by atoms with Crippen LogP contribution in [-0.2, 0) is 0 Å². The van der Waals surface area contributed by atoms with Gasteiger partial charge in [-0.15, -0.1) is 0 Å². The Morgan fingerprint density at radius 2 is 1.83 bits per heavy atom. The van der Waals surface area contributed by atoms with Crippen molar-refractivity contribution in [1.82, 2.24) is 20.3 Å². The quantitative estimate of drug-likeness (QED) is 0.440. The van der Waals surface area contributed by atoms with Crippen LogP contribution in [0.3, 0.4) is 0 Å². The van der Waals surface area contributed by atoms with Gasteiger partial charge >= 0.3 is 5.69 Å². The first-order valence-electron chi connectivity index (χ1n) is 9.32. The maximum Gasteiger partial charge on any atom is 0.354 e. The van der Waals surface area contributed by atoms with Crippen molar-refractivity contribution in [2.24, 2.45) is 0 Å². The van der Waals surface area contributed by atoms with E-state index in [2.05, 4.69) is 31.0 Å². The molecule has 29 heavy (non-hydrogen) atoms. The summed E-state index contributed by atoms with van der Waals surface area (Å²) in [5.41, 5.74) is 4.93. The van der Waals surface area contributed by atoms with Crippen molar-refractivity contribution < 1.29 is 9.72 Å². The number of amides is 1. The van der Waals surface area contributed by atoms with Gasteiger partial charge in [-0.05, 0) is 50.2 Å². The summed E-state index contributed by atoms with van der Waals surface area (Å²) in [5, 5.41) is 15.1. The first kappa shape index (κ1) is 20.7. The number of hydrogen-bond acceptors (Lipinski definition) is 8. The Bertz CT molecular complexity index is 857. The fourth-order valence-electron chi connectivity index (χ4n) is 3.08. The van der Waals surface area contributed by atoms with E-state index in [1.54, 1.807) is 24.3 Å². The molecule has 3 rings (SSSR count). The van der Waals surface area contributed by atoms with Crippen LogP contribution in [-0.4, -0.2) is 51.9 Å². The van der Waals surface area contributed by atoms with Gasteiger partial charge in [-0.2, -0.15) is 0 Å². The van der Waals surface area contributed by atoms with E-state index in [4.69, 9.17) is 11.6 Å². The third-order valence-electron chi connectivity index (χ3n) is 4.57. The van der Waals surface area contributed by atoms with Gasteiger partial charge in [0, 0.05) is 23.7 Å². The number of hydrogen-bond donors (Lipinski definition) is 3. The van der Waals surface area contributed by atoms with Crippen LogP contribution >= 0.6 is 11.6 Å². The number of nitrogens with one attached hydrogen (secondary N) is 3. The van der Waals surface area contributed by atoms with Crippen molar-refractivity contribution in [1.29, 1.82) is 0 Å². The smallest absolute Gasteiger partial charge is 0.354 e. The molecule has 0 saturated carbocycles. The molecule has 0 radical (unpaired) electrons. The summed E-state index contributed by atoms with van der Waals surface area (Å²) in [6, 6.07) is 6.24. The molecule has 0 spiro atoms. The van der Waals surface area contributed by atoms with Crippen LogP contribution in [0.5, 0.6) is 0 Å². The number of anilines is 2. The van der Waals surface area contributed by atoms with Gasteiger partial charge in [-0.3, -0.25) is 25.8 Å². The number of rotatable bonds is 8. The molecule has 1 saturated heterocycles. The van der Waals surface area contributed by atoms with Crippen molar-refractivity contribution in [3.05, 3.63) is 51.3 Å². The third kappa shape index (κ3) is 5.75. The largest absolute Gasteiger partial charge is 0.363 e. The lowest BCUT2D eigenvalue weighted by molar-refractivity contribution is -0.383. The second-order valence-electron chi connectivity index (χ2n) is 6.59. The number of aromatic nitrogens is 2. The van der Waals surface area contributed by atoms with Crippen molar-refractivity contribution in [2.75, 3.05) is 36.9 Å². The minimum absolute atomic E-state index is 0.102. The first-order valence-corrected chi connectivity index (χ1v) is 9.70. The van der Waals surface area contributed by atoms with E-state index in [0.717, 1.165) is 19.6 Å². The molecule has 2 heterocycles. The second kappa shape index (κ2) is 9.99. The van der Waals surface area contributed by atoms with Crippen LogP contribution in [0.1, 0.15) is 29.6 Å². The molecule has 10 nitrogen and oxygen atoms in total. The highest BCUT2D eigenvalue weighted by Crippen LogP contribution is 2.28. The fraction of sp³-hybridized carbons (Fsp3) is 0.389. The molecule has 1 aliphatic heterocycles. The van der Waals surface area contributed by atoms with Gasteiger partial charge in [0.05, 0.1) is 4.92 Å². The van der Waals surface area contributed by atoms with Crippen molar-refractivity contribution >= 4 is 34.8 Å². The van der Waals surface area contributed by atoms with Gasteiger partial charge < -0.3 is 10.2 Å². The molecule has 0 unspecified atom stereocenters. The molecule has 0 aliphatic carbocycles. The Kier molecular flexibility index (Phi) is 7.14. The third-order valence-corrected chi connectivity index (χ3v) is 4.83. The molecule has 154 valence electrons. The highest BCUT2D eigenvalue weighted by Gasteiger charge is 2.23. The summed E-state index contributed by atoms with van der Waals surface area (Å²) in [4.78, 5) is 33.4. The SMILES string of the molecule is O=C(NNc1ncnc(NCCN2CCCCC2)c1[N+](=O)[O-])c1ccc(Cl)cc1. The van der Waals surface area contributed by atoms with E-state index in [1.165, 1.54) is 25.6 Å². The lowest BCUT2D eigenvalue weighted by atomic mass is 10.1. The number of carbonyl (C=O) groups excluding carboxylic acids is 1. The van der Waals surface area contributed by atoms with Gasteiger partial charge in [0.2, 0.25) is 11.6 Å². The normalized spacial score (nSPS) is 14.2. The predicted octanol–water partition coefficient (Wildman–Crippen LogP) is 2.69. The van der Waals surface area contributed by atoms with E-state index in [1.807, 2.05) is 0 Å². The van der Waals surface area contributed by atoms with Gasteiger partial charge in [0.25, 0.3) is 5.91 Å². The number of halogens is 1. The topological polar surface area (TPSA) is 125 Å². The zero-order valence-corrected chi connectivity index (χ0v) is 16.5. The number of likely N-dealkylation sites (tertiary alicyclic amines) is 1. The highest BCUT2D eigenvalue weighted by atomic mass is 35.5. The average molecular weight is 420 g/mol. The zero-order chi connectivity index (χ0) is 20.6. The number of hydrazine groups is 1. The fourth-order valence-corrected chi connectivity index (χ4v) is 3.20. The van der Waals surface area contributed by atoms with E-state index in [0.29, 0.717) is 17.1 Å². The monoisotopic (exact) mass is 419 g/mol. The number of nitro groups is 1. The van der Waals surface area contributed by atoms with Gasteiger partial charge in [0.1, 0.15) is 6.33 Å². The lowest BCUT2D eigenvalue weighted by Crippen LogP contribution is -2.34. The van der Waals surface area contributed by atoms with Gasteiger partial charge in [-0.1, -0.05) is 18.0 Å². The standard InChI is InChI=1S/C18H22ClN7O3/c19-14-6-4-13(5-7-14)18(27)24-23-17-15(26(28)29)16(21-12-22-17)20-8-11-25-9-2-1-3-10-25/h4-7,12H,1-3,8-11H2,(H,24,27)(H2,20,21,22,23). The molecular weight excluding hydrogens is 398 g/mol. The maximum absolute atomic E-state index is 12.2. The first-order chi connectivity index (χ1) is 14.0. The Balaban J connectivity index is 1.63. The molecule has 1 amide bonds. The summed E-state index contributed by atoms with van der Waals surface area (Å²) in [7, 11) is 0. The number of piperidine rings is 1. The van der Waals surface area contributed by atoms with Crippen molar-refractivity contribution in [3.63, 3.8) is 0 Å². The van der Waals surface area contributed by atoms with Crippen LogP contribution in [0.2, 0.25) is 5.02 Å². The molecular formula is C18H22ClN7O3. The van der Waals surface area contributed by atoms with Crippen LogP contribution in [0, 0.1) is 10.1 Å². The Labute approximate surface area is 172 Å². The Morgan fingerprint density at radius 3 is 2.52 bits per heavy atom. The summed E-state index contributed by atoms with van der Waals surface area (Å²) < 4.78 is 0. The molecule has 1 aromatic carbocycles. The number of nitrogens with zero attached hydrogens (tertiary/aromatic N) is 4.